The number of hydrogen-bond acceptors (Lipinski definition) is 9. The van der Waals surface area contributed by atoms with Crippen LogP contribution in [0.2, 0.25) is 0 Å². The van der Waals surface area contributed by atoms with Crippen LogP contribution in [0.3, 0.4) is 0 Å². The van der Waals surface area contributed by atoms with Gasteiger partial charge in [-0.05, 0) is 30.7 Å². The number of hydrazone groups is 1. The molecule has 0 aliphatic carbocycles. The molecule has 2 rings (SSSR count). The van der Waals surface area contributed by atoms with Crippen LogP contribution in [0.15, 0.2) is 29.4 Å². The molecule has 2 aromatic rings. The summed E-state index contributed by atoms with van der Waals surface area (Å²) in [5.74, 6) is 0.0857. The van der Waals surface area contributed by atoms with Gasteiger partial charge >= 0.3 is 5.69 Å². The Morgan fingerprint density at radius 2 is 1.71 bits per heavy atom. The van der Waals surface area contributed by atoms with E-state index < -0.39 is 16.5 Å². The number of benzene rings is 2. The Morgan fingerprint density at radius 3 is 2.26 bits per heavy atom. The number of nitrogens with one attached hydrogen (secondary N) is 1. The third-order valence-corrected chi connectivity index (χ3v) is 4.10. The van der Waals surface area contributed by atoms with Crippen molar-refractivity contribution in [1.29, 1.82) is 0 Å². The molecule has 1 N–H and O–H groups in total. The zero-order chi connectivity index (χ0) is 23.0. The lowest BCUT2D eigenvalue weighted by molar-refractivity contribution is -0.386. The van der Waals surface area contributed by atoms with Gasteiger partial charge in [-0.15, -0.1) is 0 Å². The van der Waals surface area contributed by atoms with E-state index in [1.807, 2.05) is 6.92 Å². The van der Waals surface area contributed by atoms with E-state index in [0.29, 0.717) is 23.7 Å². The molecule has 0 saturated carbocycles. The number of nitro benzene ring substituents is 1. The van der Waals surface area contributed by atoms with Crippen LogP contribution in [-0.4, -0.2) is 52.1 Å². The van der Waals surface area contributed by atoms with Crippen molar-refractivity contribution in [3.05, 3.63) is 45.5 Å². The van der Waals surface area contributed by atoms with Gasteiger partial charge in [-0.1, -0.05) is 0 Å². The van der Waals surface area contributed by atoms with Crippen LogP contribution in [-0.2, 0) is 0 Å². The minimum atomic E-state index is -0.833. The van der Waals surface area contributed by atoms with E-state index in [0.717, 1.165) is 0 Å². The first-order chi connectivity index (χ1) is 14.9. The van der Waals surface area contributed by atoms with E-state index in [9.17, 15) is 14.9 Å². The fourth-order valence-corrected chi connectivity index (χ4v) is 2.76. The molecule has 0 spiro atoms. The van der Waals surface area contributed by atoms with Crippen LogP contribution >= 0.6 is 0 Å². The SMILES string of the molecule is CCOc1ccc(C=NNC(=O)c2cc(OC)c(OC)c(OC)c2[N+](=O)[O-])cc1OC. The molecule has 11 nitrogen and oxygen atoms in total. The second kappa shape index (κ2) is 10.7. The number of methoxy groups -OCH3 is 4. The lowest BCUT2D eigenvalue weighted by Crippen LogP contribution is -2.20. The second-order valence-electron chi connectivity index (χ2n) is 5.84. The molecular formula is C20H23N3O8. The summed E-state index contributed by atoms with van der Waals surface area (Å²) in [5.41, 5.74) is 2.00. The van der Waals surface area contributed by atoms with Gasteiger partial charge in [0.25, 0.3) is 5.91 Å². The van der Waals surface area contributed by atoms with Crippen molar-refractivity contribution < 1.29 is 33.4 Å². The molecule has 0 unspecified atom stereocenters. The van der Waals surface area contributed by atoms with Gasteiger partial charge in [0, 0.05) is 6.07 Å². The third-order valence-electron chi connectivity index (χ3n) is 4.10. The Bertz CT molecular complexity index is 991. The Labute approximate surface area is 178 Å². The van der Waals surface area contributed by atoms with Gasteiger partial charge in [-0.2, -0.15) is 5.10 Å². The Kier molecular flexibility index (Phi) is 8.01. The van der Waals surface area contributed by atoms with Crippen molar-refractivity contribution in [1.82, 2.24) is 5.43 Å². The number of carbonyl (C=O) groups excluding carboxylic acids is 1. The number of nitro groups is 1. The number of hydrogen-bond donors (Lipinski definition) is 1. The van der Waals surface area contributed by atoms with Crippen molar-refractivity contribution >= 4 is 17.8 Å². The molecule has 0 fully saturated rings. The fraction of sp³-hybridized carbons (Fsp3) is 0.300. The van der Waals surface area contributed by atoms with Gasteiger partial charge < -0.3 is 23.7 Å². The van der Waals surface area contributed by atoms with Crippen LogP contribution < -0.4 is 29.1 Å². The summed E-state index contributed by atoms with van der Waals surface area (Å²) >= 11 is 0. The highest BCUT2D eigenvalue weighted by molar-refractivity contribution is 6.01. The standard InChI is InChI=1S/C20H23N3O8/c1-6-31-14-8-7-12(9-15(14)27-2)11-21-22-20(24)13-10-16(28-3)18(29-4)19(30-5)17(13)23(25)26/h7-11H,6H2,1-5H3,(H,22,24). The average Bonchev–Trinajstić information content (AvgIpc) is 2.78. The Hall–Kier alpha value is -4.02. The maximum atomic E-state index is 12.6. The highest BCUT2D eigenvalue weighted by Gasteiger charge is 2.32. The molecule has 0 radical (unpaired) electrons. The lowest BCUT2D eigenvalue weighted by Gasteiger charge is -2.14. The molecule has 11 heteroatoms. The van der Waals surface area contributed by atoms with Gasteiger partial charge in [0.05, 0.1) is 46.2 Å². The predicted molar refractivity (Wildman–Crippen MR) is 112 cm³/mol. The van der Waals surface area contributed by atoms with Crippen LogP contribution in [0, 0.1) is 10.1 Å². The summed E-state index contributed by atoms with van der Waals surface area (Å²) in [5, 5.41) is 15.5. The predicted octanol–water partition coefficient (Wildman–Crippen LogP) is 2.79. The normalized spacial score (nSPS) is 10.5. The average molecular weight is 433 g/mol. The highest BCUT2D eigenvalue weighted by atomic mass is 16.6. The zero-order valence-electron chi connectivity index (χ0n) is 17.8. The van der Waals surface area contributed by atoms with Crippen molar-refractivity contribution in [2.75, 3.05) is 35.0 Å². The van der Waals surface area contributed by atoms with Gasteiger partial charge in [-0.3, -0.25) is 14.9 Å². The Morgan fingerprint density at radius 1 is 1.03 bits per heavy atom. The quantitative estimate of drug-likeness (QED) is 0.344. The van der Waals surface area contributed by atoms with E-state index in [1.54, 1.807) is 18.2 Å². The number of nitrogens with zero attached hydrogens (tertiary/aromatic N) is 2. The van der Waals surface area contributed by atoms with Gasteiger partial charge in [-0.25, -0.2) is 5.43 Å². The van der Waals surface area contributed by atoms with Gasteiger partial charge in [0.2, 0.25) is 11.5 Å². The molecule has 0 aliphatic heterocycles. The third kappa shape index (κ3) is 5.13. The zero-order valence-corrected chi connectivity index (χ0v) is 17.8. The molecule has 166 valence electrons. The summed E-state index contributed by atoms with van der Waals surface area (Å²) in [6.07, 6.45) is 1.36. The molecule has 0 heterocycles. The van der Waals surface area contributed by atoms with Gasteiger partial charge in [0.15, 0.2) is 17.2 Å². The summed E-state index contributed by atoms with van der Waals surface area (Å²) < 4.78 is 26.1. The lowest BCUT2D eigenvalue weighted by atomic mass is 10.1. The summed E-state index contributed by atoms with van der Waals surface area (Å²) in [6, 6.07) is 6.27. The summed E-state index contributed by atoms with van der Waals surface area (Å²) in [6.45, 7) is 2.33. The molecule has 0 aliphatic rings. The van der Waals surface area contributed by atoms with Crippen molar-refractivity contribution in [2.24, 2.45) is 5.10 Å². The molecule has 0 atom stereocenters. The van der Waals surface area contributed by atoms with E-state index in [-0.39, 0.29) is 22.8 Å². The van der Waals surface area contributed by atoms with Crippen LogP contribution in [0.1, 0.15) is 22.8 Å². The van der Waals surface area contributed by atoms with Crippen LogP contribution in [0.5, 0.6) is 28.7 Å². The molecule has 31 heavy (non-hydrogen) atoms. The monoisotopic (exact) mass is 433 g/mol. The molecule has 1 amide bonds. The van der Waals surface area contributed by atoms with Gasteiger partial charge in [0.1, 0.15) is 5.56 Å². The number of amides is 1. The first-order valence-electron chi connectivity index (χ1n) is 9.03. The van der Waals surface area contributed by atoms with Crippen LogP contribution in [0.4, 0.5) is 5.69 Å². The fourth-order valence-electron chi connectivity index (χ4n) is 2.76. The molecule has 2 aromatic carbocycles. The second-order valence-corrected chi connectivity index (χ2v) is 5.84. The largest absolute Gasteiger partial charge is 0.493 e. The first-order valence-corrected chi connectivity index (χ1v) is 9.03. The molecule has 0 saturated heterocycles. The maximum absolute atomic E-state index is 12.6. The van der Waals surface area contributed by atoms with E-state index in [4.69, 9.17) is 23.7 Å². The van der Waals surface area contributed by atoms with E-state index in [2.05, 4.69) is 10.5 Å². The van der Waals surface area contributed by atoms with Crippen LogP contribution in [0.25, 0.3) is 0 Å². The molecule has 0 bridgehead atoms. The maximum Gasteiger partial charge on any atom is 0.327 e. The van der Waals surface area contributed by atoms with E-state index >= 15 is 0 Å². The minimum Gasteiger partial charge on any atom is -0.493 e. The van der Waals surface area contributed by atoms with E-state index in [1.165, 1.54) is 40.7 Å². The smallest absolute Gasteiger partial charge is 0.327 e. The number of rotatable bonds is 10. The van der Waals surface area contributed by atoms with Crippen molar-refractivity contribution in [2.45, 2.75) is 6.92 Å². The first kappa shape index (κ1) is 23.3. The van der Waals surface area contributed by atoms with Crippen molar-refractivity contribution in [3.63, 3.8) is 0 Å². The molecule has 0 aromatic heterocycles. The van der Waals surface area contributed by atoms with Crippen molar-refractivity contribution in [3.8, 4) is 28.7 Å². The minimum absolute atomic E-state index is 0.00163. The topological polar surface area (TPSA) is 131 Å². The molecular weight excluding hydrogens is 410 g/mol. The Balaban J connectivity index is 2.34. The summed E-state index contributed by atoms with van der Waals surface area (Å²) in [7, 11) is 5.37. The number of carbonyl (C=O) groups is 1. The number of ether oxygens (including phenoxy) is 5. The highest BCUT2D eigenvalue weighted by Crippen LogP contribution is 2.46. The summed E-state index contributed by atoms with van der Waals surface area (Å²) in [4.78, 5) is 23.5.